The maximum Gasteiger partial charge on any atom is 0.0953 e. The van der Waals surface area contributed by atoms with Gasteiger partial charge in [-0.1, -0.05) is 25.1 Å². The fourth-order valence-electron chi connectivity index (χ4n) is 2.33. The lowest BCUT2D eigenvalue weighted by atomic mass is 9.99. The first kappa shape index (κ1) is 11.9. The van der Waals surface area contributed by atoms with Crippen LogP contribution in [0.4, 0.5) is 0 Å². The Balaban J connectivity index is 2.05. The number of furan rings is 1. The van der Waals surface area contributed by atoms with Gasteiger partial charge in [0, 0.05) is 17.1 Å². The molecule has 1 N–H and O–H groups in total. The molecule has 3 aromatic rings. The minimum absolute atomic E-state index is 0.148. The van der Waals surface area contributed by atoms with E-state index in [1.165, 1.54) is 5.56 Å². The molecule has 19 heavy (non-hydrogen) atoms. The molecule has 0 spiro atoms. The molecule has 0 bridgehead atoms. The van der Waals surface area contributed by atoms with Gasteiger partial charge in [0.15, 0.2) is 0 Å². The SMILES string of the molecule is CCNC(c1ccoc1)c1ccc2cccnc2c1. The maximum atomic E-state index is 5.20. The van der Waals surface area contributed by atoms with Crippen LogP contribution in [0.25, 0.3) is 10.9 Å². The van der Waals surface area contributed by atoms with Gasteiger partial charge in [-0.05, 0) is 30.3 Å². The van der Waals surface area contributed by atoms with Crippen molar-refractivity contribution in [1.29, 1.82) is 0 Å². The third-order valence-corrected chi connectivity index (χ3v) is 3.25. The summed E-state index contributed by atoms with van der Waals surface area (Å²) in [7, 11) is 0. The maximum absolute atomic E-state index is 5.20. The number of nitrogens with zero attached hydrogens (tertiary/aromatic N) is 1. The van der Waals surface area contributed by atoms with E-state index in [0.29, 0.717) is 0 Å². The molecule has 1 unspecified atom stereocenters. The molecule has 3 heteroatoms. The monoisotopic (exact) mass is 252 g/mol. The minimum atomic E-state index is 0.148. The lowest BCUT2D eigenvalue weighted by Crippen LogP contribution is -2.21. The van der Waals surface area contributed by atoms with Crippen LogP contribution in [0, 0.1) is 0 Å². The van der Waals surface area contributed by atoms with Gasteiger partial charge >= 0.3 is 0 Å². The summed E-state index contributed by atoms with van der Waals surface area (Å²) in [5, 5.41) is 4.64. The minimum Gasteiger partial charge on any atom is -0.472 e. The van der Waals surface area contributed by atoms with Crippen molar-refractivity contribution in [2.75, 3.05) is 6.54 Å². The second-order valence-corrected chi connectivity index (χ2v) is 4.50. The van der Waals surface area contributed by atoms with Crippen molar-refractivity contribution in [1.82, 2.24) is 10.3 Å². The number of hydrogen-bond acceptors (Lipinski definition) is 3. The van der Waals surface area contributed by atoms with Crippen LogP contribution in [-0.2, 0) is 0 Å². The average molecular weight is 252 g/mol. The number of nitrogens with one attached hydrogen (secondary N) is 1. The highest BCUT2D eigenvalue weighted by atomic mass is 16.3. The molecule has 0 aliphatic carbocycles. The van der Waals surface area contributed by atoms with Crippen LogP contribution in [0.1, 0.15) is 24.1 Å². The van der Waals surface area contributed by atoms with Gasteiger partial charge < -0.3 is 9.73 Å². The first-order valence-electron chi connectivity index (χ1n) is 6.48. The summed E-state index contributed by atoms with van der Waals surface area (Å²) in [6.45, 7) is 3.00. The van der Waals surface area contributed by atoms with Gasteiger partial charge in [-0.25, -0.2) is 0 Å². The van der Waals surface area contributed by atoms with Gasteiger partial charge in [0.05, 0.1) is 24.1 Å². The lowest BCUT2D eigenvalue weighted by Gasteiger charge is -2.17. The van der Waals surface area contributed by atoms with Crippen LogP contribution in [0.3, 0.4) is 0 Å². The Morgan fingerprint density at radius 1 is 1.21 bits per heavy atom. The van der Waals surface area contributed by atoms with Crippen molar-refractivity contribution in [2.45, 2.75) is 13.0 Å². The summed E-state index contributed by atoms with van der Waals surface area (Å²) in [6, 6.07) is 12.6. The predicted octanol–water partition coefficient (Wildman–Crippen LogP) is 3.53. The molecule has 3 nitrogen and oxygen atoms in total. The van der Waals surface area contributed by atoms with E-state index in [1.807, 2.05) is 18.3 Å². The van der Waals surface area contributed by atoms with Gasteiger partial charge in [0.2, 0.25) is 0 Å². The first-order valence-corrected chi connectivity index (χ1v) is 6.48. The number of fused-ring (bicyclic) bond motifs is 1. The largest absolute Gasteiger partial charge is 0.472 e. The zero-order chi connectivity index (χ0) is 13.1. The van der Waals surface area contributed by atoms with Crippen molar-refractivity contribution >= 4 is 10.9 Å². The molecule has 0 fully saturated rings. The summed E-state index contributed by atoms with van der Waals surface area (Å²) < 4.78 is 5.20. The Hall–Kier alpha value is -2.13. The van der Waals surface area contributed by atoms with Gasteiger partial charge in [0.25, 0.3) is 0 Å². The molecule has 3 rings (SSSR count). The van der Waals surface area contributed by atoms with Crippen LogP contribution in [0.5, 0.6) is 0 Å². The number of benzene rings is 1. The summed E-state index contributed by atoms with van der Waals surface area (Å²) in [4.78, 5) is 4.41. The van der Waals surface area contributed by atoms with Crippen molar-refractivity contribution in [3.05, 3.63) is 66.2 Å². The van der Waals surface area contributed by atoms with Crippen LogP contribution in [0.15, 0.2) is 59.5 Å². The zero-order valence-corrected chi connectivity index (χ0v) is 10.8. The second kappa shape index (κ2) is 5.24. The van der Waals surface area contributed by atoms with Crippen LogP contribution in [0.2, 0.25) is 0 Å². The molecule has 1 atom stereocenters. The van der Waals surface area contributed by atoms with Crippen molar-refractivity contribution in [3.63, 3.8) is 0 Å². The quantitative estimate of drug-likeness (QED) is 0.772. The number of pyridine rings is 1. The number of rotatable bonds is 4. The summed E-state index contributed by atoms with van der Waals surface area (Å²) in [6.07, 6.45) is 5.32. The molecular weight excluding hydrogens is 236 g/mol. The topological polar surface area (TPSA) is 38.1 Å². The molecule has 2 aromatic heterocycles. The fraction of sp³-hybridized carbons (Fsp3) is 0.188. The average Bonchev–Trinajstić information content (AvgIpc) is 2.98. The Morgan fingerprint density at radius 2 is 2.16 bits per heavy atom. The molecule has 1 aromatic carbocycles. The molecule has 0 amide bonds. The highest BCUT2D eigenvalue weighted by Gasteiger charge is 2.14. The first-order chi connectivity index (χ1) is 9.38. The van der Waals surface area contributed by atoms with E-state index in [0.717, 1.165) is 23.0 Å². The van der Waals surface area contributed by atoms with Crippen LogP contribution >= 0.6 is 0 Å². The fourth-order valence-corrected chi connectivity index (χ4v) is 2.33. The lowest BCUT2D eigenvalue weighted by molar-refractivity contribution is 0.553. The zero-order valence-electron chi connectivity index (χ0n) is 10.8. The standard InChI is InChI=1S/C16H16N2O/c1-2-17-16(14-7-9-19-11-14)13-6-5-12-4-3-8-18-15(12)10-13/h3-11,16-17H,2H2,1H3. The van der Waals surface area contributed by atoms with E-state index in [1.54, 1.807) is 12.5 Å². The Bertz CT molecular complexity index is 661. The van der Waals surface area contributed by atoms with Crippen molar-refractivity contribution in [2.24, 2.45) is 0 Å². The molecular formula is C16H16N2O. The molecule has 0 aliphatic heterocycles. The van der Waals surface area contributed by atoms with E-state index < -0.39 is 0 Å². The summed E-state index contributed by atoms with van der Waals surface area (Å²) >= 11 is 0. The Labute approximate surface area is 112 Å². The van der Waals surface area contributed by atoms with Gasteiger partial charge in [-0.3, -0.25) is 4.98 Å². The van der Waals surface area contributed by atoms with E-state index in [-0.39, 0.29) is 6.04 Å². The number of aromatic nitrogens is 1. The predicted molar refractivity (Wildman–Crippen MR) is 76.0 cm³/mol. The highest BCUT2D eigenvalue weighted by molar-refractivity contribution is 5.79. The summed E-state index contributed by atoms with van der Waals surface area (Å²) in [5.41, 5.74) is 3.36. The van der Waals surface area contributed by atoms with Crippen molar-refractivity contribution < 1.29 is 4.42 Å². The molecule has 2 heterocycles. The van der Waals surface area contributed by atoms with Crippen LogP contribution in [-0.4, -0.2) is 11.5 Å². The third kappa shape index (κ3) is 2.37. The molecule has 96 valence electrons. The summed E-state index contributed by atoms with van der Waals surface area (Å²) in [5.74, 6) is 0. The Kier molecular flexibility index (Phi) is 3.29. The molecule has 0 aliphatic rings. The third-order valence-electron chi connectivity index (χ3n) is 3.25. The van der Waals surface area contributed by atoms with Gasteiger partial charge in [0.1, 0.15) is 0 Å². The van der Waals surface area contributed by atoms with Crippen LogP contribution < -0.4 is 5.32 Å². The normalized spacial score (nSPS) is 12.7. The smallest absolute Gasteiger partial charge is 0.0953 e. The van der Waals surface area contributed by atoms with Gasteiger partial charge in [-0.2, -0.15) is 0 Å². The second-order valence-electron chi connectivity index (χ2n) is 4.50. The van der Waals surface area contributed by atoms with E-state index >= 15 is 0 Å². The van der Waals surface area contributed by atoms with E-state index in [4.69, 9.17) is 4.42 Å². The van der Waals surface area contributed by atoms with Gasteiger partial charge in [-0.15, -0.1) is 0 Å². The van der Waals surface area contributed by atoms with E-state index in [2.05, 4.69) is 41.5 Å². The van der Waals surface area contributed by atoms with Crippen molar-refractivity contribution in [3.8, 4) is 0 Å². The Morgan fingerprint density at radius 3 is 2.95 bits per heavy atom. The molecule has 0 saturated heterocycles. The molecule has 0 radical (unpaired) electrons. The molecule has 0 saturated carbocycles. The number of hydrogen-bond donors (Lipinski definition) is 1. The van der Waals surface area contributed by atoms with E-state index in [9.17, 15) is 0 Å². The highest BCUT2D eigenvalue weighted by Crippen LogP contribution is 2.25.